The first-order valence-corrected chi connectivity index (χ1v) is 7.68. The van der Waals surface area contributed by atoms with E-state index in [4.69, 9.17) is 0 Å². The summed E-state index contributed by atoms with van der Waals surface area (Å²) < 4.78 is 0. The van der Waals surface area contributed by atoms with Crippen LogP contribution >= 0.6 is 0 Å². The van der Waals surface area contributed by atoms with Crippen molar-refractivity contribution < 1.29 is 0 Å². The van der Waals surface area contributed by atoms with E-state index < -0.39 is 0 Å². The zero-order chi connectivity index (χ0) is 14.8. The minimum Gasteiger partial charge on any atom is -0.369 e. The molecule has 0 aliphatic carbocycles. The molecule has 1 N–H and O–H groups in total. The third kappa shape index (κ3) is 2.55. The van der Waals surface area contributed by atoms with Gasteiger partial charge in [0.1, 0.15) is 0 Å². The Morgan fingerprint density at radius 1 is 1.00 bits per heavy atom. The van der Waals surface area contributed by atoms with Crippen LogP contribution in [0.15, 0.2) is 48.9 Å². The lowest BCUT2D eigenvalue weighted by Crippen LogP contribution is -2.46. The molecule has 2 aromatic heterocycles. The number of para-hydroxylation sites is 1. The Bertz CT molecular complexity index is 744. The topological polar surface area (TPSA) is 48.0 Å². The second-order valence-electron chi connectivity index (χ2n) is 5.72. The molecule has 0 spiro atoms. The molecule has 1 aromatic carbocycles. The highest BCUT2D eigenvalue weighted by molar-refractivity contribution is 5.81. The zero-order valence-electron chi connectivity index (χ0n) is 12.4. The maximum absolute atomic E-state index is 4.15. The number of anilines is 1. The number of benzene rings is 1. The fraction of sp³-hybridized carbons (Fsp3) is 0.294. The third-order valence-corrected chi connectivity index (χ3v) is 4.36. The fourth-order valence-electron chi connectivity index (χ4n) is 3.12. The van der Waals surface area contributed by atoms with Gasteiger partial charge in [-0.15, -0.1) is 0 Å². The summed E-state index contributed by atoms with van der Waals surface area (Å²) in [6.45, 7) is 5.25. The van der Waals surface area contributed by atoms with Crippen LogP contribution < -0.4 is 4.90 Å². The first-order valence-electron chi connectivity index (χ1n) is 7.68. The minimum absolute atomic E-state index is 0.976. The van der Waals surface area contributed by atoms with E-state index >= 15 is 0 Å². The highest BCUT2D eigenvalue weighted by atomic mass is 15.3. The predicted octanol–water partition coefficient (Wildman–Crippen LogP) is 2.28. The predicted molar refractivity (Wildman–Crippen MR) is 87.8 cm³/mol. The molecular formula is C17H19N5. The molecule has 5 heteroatoms. The van der Waals surface area contributed by atoms with Gasteiger partial charge in [0, 0.05) is 56.2 Å². The highest BCUT2D eigenvalue weighted by Gasteiger charge is 2.18. The minimum atomic E-state index is 0.976. The van der Waals surface area contributed by atoms with Crippen LogP contribution in [-0.2, 0) is 6.54 Å². The lowest BCUT2D eigenvalue weighted by molar-refractivity contribution is 0.250. The van der Waals surface area contributed by atoms with Gasteiger partial charge < -0.3 is 4.90 Å². The average molecular weight is 293 g/mol. The van der Waals surface area contributed by atoms with Crippen LogP contribution in [0.4, 0.5) is 5.69 Å². The first-order chi connectivity index (χ1) is 10.9. The van der Waals surface area contributed by atoms with Crippen LogP contribution in [0.1, 0.15) is 5.56 Å². The van der Waals surface area contributed by atoms with Gasteiger partial charge in [-0.3, -0.25) is 15.0 Å². The van der Waals surface area contributed by atoms with E-state index in [9.17, 15) is 0 Å². The SMILES string of the molecule is c1cc(CN2CCN(c3ccncc3)CC2)c2[nH]ncc2c1. The summed E-state index contributed by atoms with van der Waals surface area (Å²) in [5, 5.41) is 8.46. The lowest BCUT2D eigenvalue weighted by atomic mass is 10.1. The molecule has 22 heavy (non-hydrogen) atoms. The second-order valence-corrected chi connectivity index (χ2v) is 5.72. The molecule has 0 saturated carbocycles. The van der Waals surface area contributed by atoms with Crippen LogP contribution in [0.5, 0.6) is 0 Å². The Morgan fingerprint density at radius 3 is 2.64 bits per heavy atom. The molecule has 3 heterocycles. The summed E-state index contributed by atoms with van der Waals surface area (Å²) in [5.41, 5.74) is 3.76. The number of nitrogens with one attached hydrogen (secondary N) is 1. The van der Waals surface area contributed by atoms with E-state index in [1.807, 2.05) is 18.6 Å². The number of rotatable bonds is 3. The summed E-state index contributed by atoms with van der Waals surface area (Å²) in [5.74, 6) is 0. The number of H-pyrrole nitrogens is 1. The highest BCUT2D eigenvalue weighted by Crippen LogP contribution is 2.20. The molecule has 0 amide bonds. The largest absolute Gasteiger partial charge is 0.369 e. The molecule has 1 aliphatic heterocycles. The van der Waals surface area contributed by atoms with Crippen molar-refractivity contribution in [2.75, 3.05) is 31.1 Å². The van der Waals surface area contributed by atoms with Gasteiger partial charge in [-0.1, -0.05) is 18.2 Å². The molecule has 1 fully saturated rings. The molecular weight excluding hydrogens is 274 g/mol. The molecule has 3 aromatic rings. The van der Waals surface area contributed by atoms with Crippen molar-refractivity contribution >= 4 is 16.6 Å². The second kappa shape index (κ2) is 5.77. The summed E-state index contributed by atoms with van der Waals surface area (Å²) in [6.07, 6.45) is 5.61. The maximum Gasteiger partial charge on any atom is 0.0695 e. The van der Waals surface area contributed by atoms with E-state index in [2.05, 4.69) is 55.3 Å². The summed E-state index contributed by atoms with van der Waals surface area (Å²) >= 11 is 0. The number of nitrogens with zero attached hydrogens (tertiary/aromatic N) is 4. The van der Waals surface area contributed by atoms with Crippen LogP contribution in [0.3, 0.4) is 0 Å². The molecule has 0 unspecified atom stereocenters. The molecule has 112 valence electrons. The van der Waals surface area contributed by atoms with Crippen molar-refractivity contribution in [1.29, 1.82) is 0 Å². The molecule has 0 atom stereocenters. The van der Waals surface area contributed by atoms with Crippen LogP contribution in [0, 0.1) is 0 Å². The number of aromatic nitrogens is 3. The number of hydrogen-bond donors (Lipinski definition) is 1. The van der Waals surface area contributed by atoms with Gasteiger partial charge in [0.15, 0.2) is 0 Å². The fourth-order valence-corrected chi connectivity index (χ4v) is 3.12. The molecule has 0 bridgehead atoms. The monoisotopic (exact) mass is 293 g/mol. The van der Waals surface area contributed by atoms with E-state index in [-0.39, 0.29) is 0 Å². The van der Waals surface area contributed by atoms with Gasteiger partial charge in [-0.2, -0.15) is 5.10 Å². The number of fused-ring (bicyclic) bond motifs is 1. The summed E-state index contributed by atoms with van der Waals surface area (Å²) in [6, 6.07) is 10.6. The molecule has 0 radical (unpaired) electrons. The number of aromatic amines is 1. The zero-order valence-corrected chi connectivity index (χ0v) is 12.4. The summed E-state index contributed by atoms with van der Waals surface area (Å²) in [7, 11) is 0. The number of piperazine rings is 1. The maximum atomic E-state index is 4.15. The standard InChI is InChI=1S/C17H19N5/c1-2-14-12-19-20-17(14)15(3-1)13-21-8-10-22(11-9-21)16-4-6-18-7-5-16/h1-7,12H,8-11,13H2,(H,19,20). The van der Waals surface area contributed by atoms with E-state index in [0.29, 0.717) is 0 Å². The van der Waals surface area contributed by atoms with E-state index in [1.54, 1.807) is 0 Å². The number of pyridine rings is 1. The van der Waals surface area contributed by atoms with Gasteiger partial charge in [-0.25, -0.2) is 0 Å². The Labute approximate surface area is 129 Å². The Morgan fingerprint density at radius 2 is 1.82 bits per heavy atom. The van der Waals surface area contributed by atoms with Crippen molar-refractivity contribution in [2.45, 2.75) is 6.54 Å². The van der Waals surface area contributed by atoms with Crippen molar-refractivity contribution in [3.8, 4) is 0 Å². The van der Waals surface area contributed by atoms with Crippen LogP contribution in [-0.4, -0.2) is 46.3 Å². The summed E-state index contributed by atoms with van der Waals surface area (Å²) in [4.78, 5) is 9.02. The molecule has 4 rings (SSSR count). The molecule has 5 nitrogen and oxygen atoms in total. The van der Waals surface area contributed by atoms with Gasteiger partial charge >= 0.3 is 0 Å². The normalized spacial score (nSPS) is 16.3. The lowest BCUT2D eigenvalue weighted by Gasteiger charge is -2.36. The number of hydrogen-bond acceptors (Lipinski definition) is 4. The molecule has 1 aliphatic rings. The van der Waals surface area contributed by atoms with Crippen molar-refractivity contribution in [3.05, 3.63) is 54.5 Å². The van der Waals surface area contributed by atoms with E-state index in [0.717, 1.165) is 32.7 Å². The average Bonchev–Trinajstić information content (AvgIpc) is 3.06. The molecule has 1 saturated heterocycles. The Kier molecular flexibility index (Phi) is 3.48. The van der Waals surface area contributed by atoms with Crippen LogP contribution in [0.25, 0.3) is 10.9 Å². The van der Waals surface area contributed by atoms with Gasteiger partial charge in [0.25, 0.3) is 0 Å². The smallest absolute Gasteiger partial charge is 0.0695 e. The third-order valence-electron chi connectivity index (χ3n) is 4.36. The van der Waals surface area contributed by atoms with E-state index in [1.165, 1.54) is 22.2 Å². The van der Waals surface area contributed by atoms with Gasteiger partial charge in [0.05, 0.1) is 11.7 Å². The van der Waals surface area contributed by atoms with Crippen molar-refractivity contribution in [1.82, 2.24) is 20.1 Å². The quantitative estimate of drug-likeness (QED) is 0.805. The Balaban J connectivity index is 1.43. The Hall–Kier alpha value is -2.40. The van der Waals surface area contributed by atoms with Gasteiger partial charge in [0.2, 0.25) is 0 Å². The van der Waals surface area contributed by atoms with Crippen molar-refractivity contribution in [3.63, 3.8) is 0 Å². The van der Waals surface area contributed by atoms with Gasteiger partial charge in [-0.05, 0) is 17.7 Å². The van der Waals surface area contributed by atoms with Crippen molar-refractivity contribution in [2.24, 2.45) is 0 Å². The van der Waals surface area contributed by atoms with Crippen LogP contribution in [0.2, 0.25) is 0 Å². The first kappa shape index (κ1) is 13.3.